The van der Waals surface area contributed by atoms with Crippen LogP contribution in [0.5, 0.6) is 0 Å². The molecule has 2 unspecified atom stereocenters. The van der Waals surface area contributed by atoms with Crippen molar-refractivity contribution in [2.75, 3.05) is 14.2 Å². The number of benzene rings is 1. The van der Waals surface area contributed by atoms with E-state index in [0.717, 1.165) is 18.2 Å². The van der Waals surface area contributed by atoms with Crippen molar-refractivity contribution >= 4 is 5.97 Å². The zero-order chi connectivity index (χ0) is 14.4. The van der Waals surface area contributed by atoms with Crippen molar-refractivity contribution in [3.8, 4) is 0 Å². The molecule has 0 saturated heterocycles. The molecule has 0 saturated carbocycles. The number of methoxy groups -OCH3 is 1. The zero-order valence-corrected chi connectivity index (χ0v) is 10.8. The Kier molecular flexibility index (Phi) is 5.85. The predicted octanol–water partition coefficient (Wildman–Crippen LogP) is 1.54. The molecule has 0 radical (unpaired) electrons. The highest BCUT2D eigenvalue weighted by atomic mass is 19.1. The van der Waals surface area contributed by atoms with Crippen LogP contribution < -0.4 is 5.32 Å². The van der Waals surface area contributed by atoms with Crippen molar-refractivity contribution in [1.29, 1.82) is 0 Å². The first-order valence-corrected chi connectivity index (χ1v) is 5.86. The summed E-state index contributed by atoms with van der Waals surface area (Å²) < 4.78 is 31.1. The van der Waals surface area contributed by atoms with E-state index in [4.69, 9.17) is 0 Å². The van der Waals surface area contributed by atoms with Crippen molar-refractivity contribution in [2.45, 2.75) is 25.0 Å². The molecule has 0 heterocycles. The van der Waals surface area contributed by atoms with Crippen LogP contribution in [0, 0.1) is 11.6 Å². The van der Waals surface area contributed by atoms with Gasteiger partial charge in [-0.25, -0.2) is 8.78 Å². The number of likely N-dealkylation sites (N-methyl/N-ethyl adjacent to an activating group) is 1. The highest BCUT2D eigenvalue weighted by Crippen LogP contribution is 2.23. The zero-order valence-electron chi connectivity index (χ0n) is 10.8. The first-order valence-electron chi connectivity index (χ1n) is 5.86. The van der Waals surface area contributed by atoms with E-state index in [0.29, 0.717) is 0 Å². The van der Waals surface area contributed by atoms with Crippen molar-refractivity contribution in [3.63, 3.8) is 0 Å². The smallest absolute Gasteiger partial charge is 0.305 e. The molecule has 0 aromatic heterocycles. The van der Waals surface area contributed by atoms with Crippen molar-refractivity contribution in [1.82, 2.24) is 5.32 Å². The summed E-state index contributed by atoms with van der Waals surface area (Å²) in [5.74, 6) is -1.74. The number of hydrogen-bond acceptors (Lipinski definition) is 4. The molecule has 6 heteroatoms. The maximum absolute atomic E-state index is 13.5. The van der Waals surface area contributed by atoms with Gasteiger partial charge in [0.05, 0.1) is 13.2 Å². The fourth-order valence-electron chi connectivity index (χ4n) is 1.79. The summed E-state index contributed by atoms with van der Waals surface area (Å²) in [6, 6.07) is 2.31. The van der Waals surface area contributed by atoms with Crippen LogP contribution in [0.25, 0.3) is 0 Å². The first-order chi connectivity index (χ1) is 8.99. The summed E-state index contributed by atoms with van der Waals surface area (Å²) in [7, 11) is 2.84. The van der Waals surface area contributed by atoms with Gasteiger partial charge in [-0.15, -0.1) is 0 Å². The molecule has 1 rings (SSSR count). The second-order valence-electron chi connectivity index (χ2n) is 4.12. The van der Waals surface area contributed by atoms with E-state index in [9.17, 15) is 18.7 Å². The van der Waals surface area contributed by atoms with Gasteiger partial charge in [0, 0.05) is 18.0 Å². The lowest BCUT2D eigenvalue weighted by Crippen LogP contribution is -2.33. The minimum atomic E-state index is -1.25. The van der Waals surface area contributed by atoms with Gasteiger partial charge in [0.2, 0.25) is 0 Å². The minimum Gasteiger partial charge on any atom is -0.469 e. The Labute approximate surface area is 110 Å². The van der Waals surface area contributed by atoms with Crippen molar-refractivity contribution in [3.05, 3.63) is 35.4 Å². The third-order valence-electron chi connectivity index (χ3n) is 2.92. The van der Waals surface area contributed by atoms with Gasteiger partial charge >= 0.3 is 5.97 Å². The number of carbonyl (C=O) groups excluding carboxylic acids is 1. The van der Waals surface area contributed by atoms with Crippen molar-refractivity contribution < 1.29 is 23.4 Å². The molecule has 19 heavy (non-hydrogen) atoms. The standard InChI is InChI=1S/C13H17F2NO3/c1-16-11(5-6-12(17)19-2)13(18)9-7-8(14)3-4-10(9)15/h3-4,7,11,13,16,18H,5-6H2,1-2H3. The number of carbonyl (C=O) groups is 1. The number of nitrogens with one attached hydrogen (secondary N) is 1. The van der Waals surface area contributed by atoms with Crippen LogP contribution in [0.2, 0.25) is 0 Å². The van der Waals surface area contributed by atoms with Gasteiger partial charge in [-0.05, 0) is 31.7 Å². The molecule has 4 nitrogen and oxygen atoms in total. The second-order valence-corrected chi connectivity index (χ2v) is 4.12. The largest absolute Gasteiger partial charge is 0.469 e. The number of hydrogen-bond donors (Lipinski definition) is 2. The Balaban J connectivity index is 2.80. The Morgan fingerprint density at radius 1 is 1.47 bits per heavy atom. The van der Waals surface area contributed by atoms with Gasteiger partial charge in [-0.3, -0.25) is 4.79 Å². The van der Waals surface area contributed by atoms with E-state index in [1.807, 2.05) is 0 Å². The molecule has 0 amide bonds. The fraction of sp³-hybridized carbons (Fsp3) is 0.462. The number of ether oxygens (including phenoxy) is 1. The first kappa shape index (κ1) is 15.5. The van der Waals surface area contributed by atoms with E-state index >= 15 is 0 Å². The van der Waals surface area contributed by atoms with Crippen LogP contribution in [-0.4, -0.2) is 31.3 Å². The van der Waals surface area contributed by atoms with Crippen LogP contribution in [0.15, 0.2) is 18.2 Å². The highest BCUT2D eigenvalue weighted by molar-refractivity contribution is 5.69. The number of rotatable bonds is 6. The Morgan fingerprint density at radius 3 is 2.74 bits per heavy atom. The van der Waals surface area contributed by atoms with Crippen LogP contribution in [0.3, 0.4) is 0 Å². The Hall–Kier alpha value is -1.53. The second kappa shape index (κ2) is 7.16. The van der Waals surface area contributed by atoms with Gasteiger partial charge in [0.25, 0.3) is 0 Å². The number of halogens is 2. The normalized spacial score (nSPS) is 13.9. The summed E-state index contributed by atoms with van der Waals surface area (Å²) in [6.07, 6.45) is -0.915. The molecule has 1 aromatic carbocycles. The molecule has 0 spiro atoms. The summed E-state index contributed by atoms with van der Waals surface area (Å²) in [4.78, 5) is 11.0. The fourth-order valence-corrected chi connectivity index (χ4v) is 1.79. The average molecular weight is 273 g/mol. The molecule has 0 aliphatic heterocycles. The van der Waals surface area contributed by atoms with Gasteiger partial charge in [0.15, 0.2) is 0 Å². The van der Waals surface area contributed by atoms with Gasteiger partial charge in [0.1, 0.15) is 11.6 Å². The van der Waals surface area contributed by atoms with Crippen LogP contribution in [-0.2, 0) is 9.53 Å². The molecule has 0 aliphatic carbocycles. The number of aliphatic hydroxyl groups excluding tert-OH is 1. The SMILES string of the molecule is CNC(CCC(=O)OC)C(O)c1cc(F)ccc1F. The predicted molar refractivity (Wildman–Crippen MR) is 65.4 cm³/mol. The number of aliphatic hydroxyl groups is 1. The van der Waals surface area contributed by atoms with Crippen LogP contribution >= 0.6 is 0 Å². The summed E-state index contributed by atoms with van der Waals surface area (Å²) in [5.41, 5.74) is -0.135. The van der Waals surface area contributed by atoms with Crippen LogP contribution in [0.1, 0.15) is 24.5 Å². The molecule has 1 aromatic rings. The molecule has 106 valence electrons. The summed E-state index contributed by atoms with van der Waals surface area (Å²) in [5, 5.41) is 12.8. The lowest BCUT2D eigenvalue weighted by molar-refractivity contribution is -0.140. The third-order valence-corrected chi connectivity index (χ3v) is 2.92. The molecule has 2 atom stereocenters. The maximum Gasteiger partial charge on any atom is 0.305 e. The molecular formula is C13H17F2NO3. The van der Waals surface area contributed by atoms with Gasteiger partial charge < -0.3 is 15.2 Å². The van der Waals surface area contributed by atoms with E-state index in [1.54, 1.807) is 7.05 Å². The van der Waals surface area contributed by atoms with Gasteiger partial charge in [-0.2, -0.15) is 0 Å². The lowest BCUT2D eigenvalue weighted by Gasteiger charge is -2.22. The Bertz CT molecular complexity index is 440. The average Bonchev–Trinajstić information content (AvgIpc) is 2.41. The minimum absolute atomic E-state index is 0.0794. The topological polar surface area (TPSA) is 58.6 Å². The van der Waals surface area contributed by atoms with Gasteiger partial charge in [-0.1, -0.05) is 0 Å². The molecule has 0 aliphatic rings. The van der Waals surface area contributed by atoms with E-state index in [1.165, 1.54) is 7.11 Å². The van der Waals surface area contributed by atoms with Crippen LogP contribution in [0.4, 0.5) is 8.78 Å². The highest BCUT2D eigenvalue weighted by Gasteiger charge is 2.23. The molecule has 2 N–H and O–H groups in total. The van der Waals surface area contributed by atoms with E-state index < -0.39 is 29.7 Å². The quantitative estimate of drug-likeness (QED) is 0.772. The molecule has 0 fully saturated rings. The van der Waals surface area contributed by atoms with Crippen molar-refractivity contribution in [2.24, 2.45) is 0 Å². The van der Waals surface area contributed by atoms with E-state index in [2.05, 4.69) is 10.1 Å². The maximum atomic E-state index is 13.5. The molecular weight excluding hydrogens is 256 g/mol. The Morgan fingerprint density at radius 2 is 2.16 bits per heavy atom. The lowest BCUT2D eigenvalue weighted by atomic mass is 9.98. The van der Waals surface area contributed by atoms with E-state index in [-0.39, 0.29) is 18.4 Å². The monoisotopic (exact) mass is 273 g/mol. The third kappa shape index (κ3) is 4.25. The number of esters is 1. The molecule has 0 bridgehead atoms. The summed E-state index contributed by atoms with van der Waals surface area (Å²) >= 11 is 0. The summed E-state index contributed by atoms with van der Waals surface area (Å²) in [6.45, 7) is 0.